The molecule has 7 nitrogen and oxygen atoms in total. The van der Waals surface area contributed by atoms with Crippen molar-refractivity contribution in [2.24, 2.45) is 10.9 Å². The van der Waals surface area contributed by atoms with Crippen LogP contribution in [-0.2, 0) is 17.7 Å². The van der Waals surface area contributed by atoms with Crippen LogP contribution in [0, 0.1) is 5.92 Å². The van der Waals surface area contributed by atoms with Crippen molar-refractivity contribution in [3.63, 3.8) is 0 Å². The number of halogens is 1. The normalized spacial score (nSPS) is 14.5. The smallest absolute Gasteiger partial charge is 0.191 e. The Balaban J connectivity index is 0.00000242. The first-order valence-electron chi connectivity index (χ1n) is 7.72. The van der Waals surface area contributed by atoms with Crippen molar-refractivity contribution in [3.05, 3.63) is 12.2 Å². The first kappa shape index (κ1) is 19.1. The lowest BCUT2D eigenvalue weighted by Crippen LogP contribution is -2.40. The predicted octanol–water partition coefficient (Wildman–Crippen LogP) is 1.05. The van der Waals surface area contributed by atoms with Gasteiger partial charge in [0, 0.05) is 39.7 Å². The summed E-state index contributed by atoms with van der Waals surface area (Å²) in [6.45, 7) is 6.10. The number of hydrogen-bond acceptors (Lipinski definition) is 4. The number of aryl methyl sites for hydroxylation is 1. The van der Waals surface area contributed by atoms with Crippen molar-refractivity contribution < 1.29 is 4.74 Å². The molecule has 1 aromatic rings. The van der Waals surface area contributed by atoms with Crippen LogP contribution in [0.25, 0.3) is 0 Å². The summed E-state index contributed by atoms with van der Waals surface area (Å²) < 4.78 is 7.63. The summed E-state index contributed by atoms with van der Waals surface area (Å²) in [5.41, 5.74) is 0. The largest absolute Gasteiger partial charge is 0.379 e. The van der Waals surface area contributed by atoms with Gasteiger partial charge < -0.3 is 19.9 Å². The topological polar surface area (TPSA) is 76.4 Å². The van der Waals surface area contributed by atoms with Gasteiger partial charge in [-0.2, -0.15) is 0 Å². The van der Waals surface area contributed by atoms with Crippen LogP contribution >= 0.6 is 24.0 Å². The van der Waals surface area contributed by atoms with Gasteiger partial charge in [-0.15, -0.1) is 34.2 Å². The van der Waals surface area contributed by atoms with Crippen LogP contribution in [0.15, 0.2) is 11.3 Å². The molecular weight excluding hydrogens is 395 g/mol. The van der Waals surface area contributed by atoms with E-state index in [0.717, 1.165) is 57.0 Å². The first-order valence-corrected chi connectivity index (χ1v) is 7.72. The van der Waals surface area contributed by atoms with Gasteiger partial charge in [0.05, 0.1) is 6.61 Å². The van der Waals surface area contributed by atoms with E-state index in [9.17, 15) is 0 Å². The van der Waals surface area contributed by atoms with E-state index in [4.69, 9.17) is 4.74 Å². The molecule has 2 rings (SSSR count). The van der Waals surface area contributed by atoms with Gasteiger partial charge in [-0.05, 0) is 18.8 Å². The van der Waals surface area contributed by atoms with Crippen LogP contribution in [0.4, 0.5) is 0 Å². The van der Waals surface area contributed by atoms with E-state index in [1.165, 1.54) is 12.8 Å². The average molecular weight is 422 g/mol. The fraction of sp³-hybridized carbons (Fsp3) is 0.786. The maximum Gasteiger partial charge on any atom is 0.191 e. The van der Waals surface area contributed by atoms with E-state index in [2.05, 4.69) is 37.3 Å². The van der Waals surface area contributed by atoms with Crippen LogP contribution < -0.4 is 10.6 Å². The van der Waals surface area contributed by atoms with Gasteiger partial charge in [-0.1, -0.05) is 6.92 Å². The van der Waals surface area contributed by atoms with Crippen LogP contribution in [0.5, 0.6) is 0 Å². The molecule has 1 aliphatic rings. The van der Waals surface area contributed by atoms with E-state index in [1.807, 2.05) is 0 Å². The molecule has 0 aromatic carbocycles. The highest BCUT2D eigenvalue weighted by atomic mass is 127. The summed E-state index contributed by atoms with van der Waals surface area (Å²) >= 11 is 0. The number of hydrogen-bond donors (Lipinski definition) is 2. The average Bonchev–Trinajstić information content (AvgIpc) is 3.22. The summed E-state index contributed by atoms with van der Waals surface area (Å²) in [6.07, 6.45) is 5.33. The molecule has 0 bridgehead atoms. The molecule has 1 aliphatic carbocycles. The maximum atomic E-state index is 5.58. The van der Waals surface area contributed by atoms with Crippen molar-refractivity contribution >= 4 is 29.9 Å². The fourth-order valence-electron chi connectivity index (χ4n) is 2.03. The third-order valence-corrected chi connectivity index (χ3v) is 3.47. The second kappa shape index (κ2) is 10.8. The van der Waals surface area contributed by atoms with Gasteiger partial charge >= 0.3 is 0 Å². The van der Waals surface area contributed by atoms with E-state index in [-0.39, 0.29) is 24.0 Å². The van der Waals surface area contributed by atoms with Crippen molar-refractivity contribution in [1.29, 1.82) is 0 Å². The molecule has 126 valence electrons. The molecule has 8 heteroatoms. The standard InChI is InChI=1S/C14H26N6O.HI/c1-3-13-19-18-11-20(13)8-6-16-14(15-2)17-7-9-21-10-12-4-5-12;/h11-12H,3-10H2,1-2H3,(H2,15,16,17);1H. The van der Waals surface area contributed by atoms with Crippen LogP contribution in [0.1, 0.15) is 25.6 Å². The molecule has 0 spiro atoms. The van der Waals surface area contributed by atoms with Gasteiger partial charge in [0.2, 0.25) is 0 Å². The summed E-state index contributed by atoms with van der Waals surface area (Å²) in [5, 5.41) is 14.5. The first-order chi connectivity index (χ1) is 10.3. The quantitative estimate of drug-likeness (QED) is 0.269. The molecular formula is C14H27IN6O. The SMILES string of the molecule is CCc1nncn1CCNC(=NC)NCCOCC1CC1.I. The Morgan fingerprint density at radius 1 is 1.41 bits per heavy atom. The third kappa shape index (κ3) is 6.91. The predicted molar refractivity (Wildman–Crippen MR) is 97.7 cm³/mol. The van der Waals surface area contributed by atoms with Gasteiger partial charge in [-0.25, -0.2) is 0 Å². The minimum absolute atomic E-state index is 0. The minimum atomic E-state index is 0. The molecule has 0 saturated heterocycles. The molecule has 0 unspecified atom stereocenters. The molecule has 0 aliphatic heterocycles. The monoisotopic (exact) mass is 422 g/mol. The molecule has 0 radical (unpaired) electrons. The van der Waals surface area contributed by atoms with E-state index < -0.39 is 0 Å². The number of aromatic nitrogens is 3. The van der Waals surface area contributed by atoms with E-state index in [0.29, 0.717) is 0 Å². The number of nitrogens with zero attached hydrogens (tertiary/aromatic N) is 4. The molecule has 0 amide bonds. The maximum absolute atomic E-state index is 5.58. The molecule has 1 aromatic heterocycles. The van der Waals surface area contributed by atoms with Gasteiger partial charge in [0.1, 0.15) is 12.2 Å². The van der Waals surface area contributed by atoms with Crippen molar-refractivity contribution in [1.82, 2.24) is 25.4 Å². The second-order valence-electron chi connectivity index (χ2n) is 5.24. The molecule has 1 fully saturated rings. The molecule has 1 heterocycles. The van der Waals surface area contributed by atoms with Gasteiger partial charge in [0.25, 0.3) is 0 Å². The molecule has 22 heavy (non-hydrogen) atoms. The Morgan fingerprint density at radius 3 is 2.86 bits per heavy atom. The van der Waals surface area contributed by atoms with E-state index in [1.54, 1.807) is 13.4 Å². The van der Waals surface area contributed by atoms with Crippen molar-refractivity contribution in [2.45, 2.75) is 32.7 Å². The number of aliphatic imine (C=N–C) groups is 1. The zero-order chi connectivity index (χ0) is 14.9. The Hall–Kier alpha value is -0.900. The lowest BCUT2D eigenvalue weighted by atomic mass is 10.4. The van der Waals surface area contributed by atoms with Gasteiger partial charge in [-0.3, -0.25) is 4.99 Å². The van der Waals surface area contributed by atoms with Crippen molar-refractivity contribution in [2.75, 3.05) is 33.4 Å². The minimum Gasteiger partial charge on any atom is -0.379 e. The highest BCUT2D eigenvalue weighted by Crippen LogP contribution is 2.28. The zero-order valence-electron chi connectivity index (χ0n) is 13.4. The zero-order valence-corrected chi connectivity index (χ0v) is 15.7. The van der Waals surface area contributed by atoms with Crippen LogP contribution in [0.2, 0.25) is 0 Å². The Kier molecular flexibility index (Phi) is 9.37. The summed E-state index contributed by atoms with van der Waals surface area (Å²) in [4.78, 5) is 4.19. The number of guanidine groups is 1. The number of nitrogens with one attached hydrogen (secondary N) is 2. The summed E-state index contributed by atoms with van der Waals surface area (Å²) in [5.74, 6) is 2.63. The molecule has 1 saturated carbocycles. The molecule has 2 N–H and O–H groups in total. The lowest BCUT2D eigenvalue weighted by molar-refractivity contribution is 0.129. The van der Waals surface area contributed by atoms with Gasteiger partial charge in [0.15, 0.2) is 5.96 Å². The van der Waals surface area contributed by atoms with Crippen molar-refractivity contribution in [3.8, 4) is 0 Å². The lowest BCUT2D eigenvalue weighted by Gasteiger charge is -2.12. The Bertz CT molecular complexity index is 446. The fourth-order valence-corrected chi connectivity index (χ4v) is 2.03. The number of rotatable bonds is 9. The summed E-state index contributed by atoms with van der Waals surface area (Å²) in [7, 11) is 1.77. The highest BCUT2D eigenvalue weighted by molar-refractivity contribution is 14.0. The number of ether oxygens (including phenoxy) is 1. The Labute approximate surface area is 149 Å². The molecule has 0 atom stereocenters. The van der Waals surface area contributed by atoms with Crippen LogP contribution in [0.3, 0.4) is 0 Å². The van der Waals surface area contributed by atoms with E-state index >= 15 is 0 Å². The third-order valence-electron chi connectivity index (χ3n) is 3.47. The summed E-state index contributed by atoms with van der Waals surface area (Å²) in [6, 6.07) is 0. The van der Waals surface area contributed by atoms with Crippen LogP contribution in [-0.4, -0.2) is 54.1 Å². The Morgan fingerprint density at radius 2 is 2.18 bits per heavy atom. The highest BCUT2D eigenvalue weighted by Gasteiger charge is 2.20. The second-order valence-corrected chi connectivity index (χ2v) is 5.24.